The Morgan fingerprint density at radius 1 is 1.16 bits per heavy atom. The number of carbonyl (C=O) groups is 2. The van der Waals surface area contributed by atoms with Gasteiger partial charge in [0.25, 0.3) is 0 Å². The van der Waals surface area contributed by atoms with Crippen LogP contribution in [0.3, 0.4) is 0 Å². The molecule has 0 aromatic heterocycles. The van der Waals surface area contributed by atoms with Crippen LogP contribution < -0.4 is 11.1 Å². The first kappa shape index (κ1) is 16.0. The second kappa shape index (κ2) is 8.94. The number of rotatable bonds is 8. The van der Waals surface area contributed by atoms with Crippen LogP contribution in [0.15, 0.2) is 0 Å². The summed E-state index contributed by atoms with van der Waals surface area (Å²) in [5, 5.41) is 2.85. The molecule has 3 N–H and O–H groups in total. The summed E-state index contributed by atoms with van der Waals surface area (Å²) in [5.41, 5.74) is 5.38. The van der Waals surface area contributed by atoms with Crippen molar-refractivity contribution in [3.05, 3.63) is 0 Å². The summed E-state index contributed by atoms with van der Waals surface area (Å²) in [6.07, 6.45) is 10.4. The fraction of sp³-hybridized carbons (Fsp3) is 0.867. The molecule has 0 aromatic rings. The number of hydrogen-bond donors (Lipinski definition) is 2. The molecule has 19 heavy (non-hydrogen) atoms. The average molecular weight is 268 g/mol. The van der Waals surface area contributed by atoms with Gasteiger partial charge in [0, 0.05) is 5.92 Å². The third kappa shape index (κ3) is 6.08. The van der Waals surface area contributed by atoms with E-state index in [-0.39, 0.29) is 11.8 Å². The highest BCUT2D eigenvalue weighted by atomic mass is 16.2. The van der Waals surface area contributed by atoms with Crippen molar-refractivity contribution in [2.24, 2.45) is 11.7 Å². The first-order valence-corrected chi connectivity index (χ1v) is 7.74. The Bertz CT molecular complexity index is 286. The van der Waals surface area contributed by atoms with Crippen LogP contribution in [0.2, 0.25) is 0 Å². The van der Waals surface area contributed by atoms with Gasteiger partial charge in [-0.15, -0.1) is 0 Å². The number of nitrogens with two attached hydrogens (primary N) is 1. The number of amides is 2. The molecule has 0 aliphatic heterocycles. The van der Waals surface area contributed by atoms with Crippen LogP contribution in [0, 0.1) is 5.92 Å². The predicted octanol–water partition coefficient (Wildman–Crippen LogP) is 2.51. The molecule has 0 heterocycles. The van der Waals surface area contributed by atoms with Crippen molar-refractivity contribution in [2.45, 2.75) is 77.2 Å². The van der Waals surface area contributed by atoms with Crippen molar-refractivity contribution < 1.29 is 9.59 Å². The van der Waals surface area contributed by atoms with Gasteiger partial charge in [0.05, 0.1) is 0 Å². The molecule has 1 saturated carbocycles. The van der Waals surface area contributed by atoms with E-state index in [1.807, 2.05) is 0 Å². The van der Waals surface area contributed by atoms with Crippen LogP contribution in [-0.2, 0) is 9.59 Å². The predicted molar refractivity (Wildman–Crippen MR) is 76.5 cm³/mol. The van der Waals surface area contributed by atoms with Gasteiger partial charge in [-0.2, -0.15) is 0 Å². The van der Waals surface area contributed by atoms with Crippen LogP contribution in [0.5, 0.6) is 0 Å². The molecule has 4 nitrogen and oxygen atoms in total. The molecule has 0 bridgehead atoms. The molecule has 110 valence electrons. The van der Waals surface area contributed by atoms with Gasteiger partial charge in [-0.05, 0) is 19.3 Å². The molecule has 0 saturated heterocycles. The Balaban J connectivity index is 2.34. The third-order valence-electron chi connectivity index (χ3n) is 3.98. The SMILES string of the molecule is CCCCCC[C@@H](NC(=O)C1CCCCC1)C(N)=O. The lowest BCUT2D eigenvalue weighted by Gasteiger charge is -2.23. The van der Waals surface area contributed by atoms with Crippen LogP contribution in [0.1, 0.15) is 71.1 Å². The van der Waals surface area contributed by atoms with E-state index in [1.54, 1.807) is 0 Å². The van der Waals surface area contributed by atoms with E-state index in [1.165, 1.54) is 12.8 Å². The largest absolute Gasteiger partial charge is 0.368 e. The topological polar surface area (TPSA) is 72.2 Å². The van der Waals surface area contributed by atoms with E-state index >= 15 is 0 Å². The lowest BCUT2D eigenvalue weighted by molar-refractivity contribution is -0.130. The number of carbonyl (C=O) groups excluding carboxylic acids is 2. The van der Waals surface area contributed by atoms with E-state index in [2.05, 4.69) is 12.2 Å². The Labute approximate surface area is 116 Å². The lowest BCUT2D eigenvalue weighted by atomic mass is 9.88. The number of hydrogen-bond acceptors (Lipinski definition) is 2. The van der Waals surface area contributed by atoms with Gasteiger partial charge >= 0.3 is 0 Å². The van der Waals surface area contributed by atoms with Crippen molar-refractivity contribution >= 4 is 11.8 Å². The van der Waals surface area contributed by atoms with Crippen molar-refractivity contribution in [1.82, 2.24) is 5.32 Å². The molecule has 0 aromatic carbocycles. The molecular formula is C15H28N2O2. The Morgan fingerprint density at radius 3 is 2.42 bits per heavy atom. The highest BCUT2D eigenvalue weighted by Gasteiger charge is 2.25. The molecular weight excluding hydrogens is 240 g/mol. The van der Waals surface area contributed by atoms with Gasteiger partial charge < -0.3 is 11.1 Å². The molecule has 0 unspecified atom stereocenters. The van der Waals surface area contributed by atoms with Crippen LogP contribution in [-0.4, -0.2) is 17.9 Å². The maximum atomic E-state index is 12.1. The minimum atomic E-state index is -0.480. The minimum absolute atomic E-state index is 0.0268. The maximum Gasteiger partial charge on any atom is 0.239 e. The van der Waals surface area contributed by atoms with Gasteiger partial charge in [-0.1, -0.05) is 51.9 Å². The Kier molecular flexibility index (Phi) is 7.53. The second-order valence-electron chi connectivity index (χ2n) is 5.65. The van der Waals surface area contributed by atoms with E-state index in [0.29, 0.717) is 6.42 Å². The molecule has 1 aliphatic carbocycles. The zero-order chi connectivity index (χ0) is 14.1. The Hall–Kier alpha value is -1.06. The Morgan fingerprint density at radius 2 is 1.84 bits per heavy atom. The van der Waals surface area contributed by atoms with E-state index < -0.39 is 11.9 Å². The minimum Gasteiger partial charge on any atom is -0.368 e. The summed E-state index contributed by atoms with van der Waals surface area (Å²) >= 11 is 0. The molecule has 0 spiro atoms. The molecule has 0 radical (unpaired) electrons. The molecule has 2 amide bonds. The van der Waals surface area contributed by atoms with Crippen molar-refractivity contribution in [1.29, 1.82) is 0 Å². The maximum absolute atomic E-state index is 12.1. The lowest BCUT2D eigenvalue weighted by Crippen LogP contribution is -2.46. The van der Waals surface area contributed by atoms with Gasteiger partial charge in [0.1, 0.15) is 6.04 Å². The summed E-state index contributed by atoms with van der Waals surface area (Å²) in [6.45, 7) is 2.15. The summed E-state index contributed by atoms with van der Waals surface area (Å²) in [7, 11) is 0. The first-order chi connectivity index (χ1) is 9.15. The third-order valence-corrected chi connectivity index (χ3v) is 3.98. The zero-order valence-electron chi connectivity index (χ0n) is 12.1. The van der Waals surface area contributed by atoms with E-state index in [4.69, 9.17) is 5.73 Å². The number of nitrogens with one attached hydrogen (secondary N) is 1. The second-order valence-corrected chi connectivity index (χ2v) is 5.65. The van der Waals surface area contributed by atoms with Crippen molar-refractivity contribution in [3.8, 4) is 0 Å². The smallest absolute Gasteiger partial charge is 0.239 e. The molecule has 1 aliphatic rings. The van der Waals surface area contributed by atoms with Gasteiger partial charge in [-0.25, -0.2) is 0 Å². The summed E-state index contributed by atoms with van der Waals surface area (Å²) in [4.78, 5) is 23.5. The van der Waals surface area contributed by atoms with Crippen molar-refractivity contribution in [3.63, 3.8) is 0 Å². The van der Waals surface area contributed by atoms with Gasteiger partial charge in [0.2, 0.25) is 11.8 Å². The summed E-state index contributed by atoms with van der Waals surface area (Å²) in [5.74, 6) is -0.286. The normalized spacial score (nSPS) is 17.9. The average Bonchev–Trinajstić information content (AvgIpc) is 2.42. The van der Waals surface area contributed by atoms with E-state index in [9.17, 15) is 9.59 Å². The number of primary amides is 1. The first-order valence-electron chi connectivity index (χ1n) is 7.74. The fourth-order valence-corrected chi connectivity index (χ4v) is 2.72. The standard InChI is InChI=1S/C15H28N2O2/c1-2-3-4-8-11-13(14(16)18)17-15(19)12-9-6-5-7-10-12/h12-13H,2-11H2,1H3,(H2,16,18)(H,17,19)/t13-/m1/s1. The molecule has 1 atom stereocenters. The highest BCUT2D eigenvalue weighted by Crippen LogP contribution is 2.23. The van der Waals surface area contributed by atoms with Gasteiger partial charge in [0.15, 0.2) is 0 Å². The van der Waals surface area contributed by atoms with E-state index in [0.717, 1.165) is 44.9 Å². The van der Waals surface area contributed by atoms with Crippen LogP contribution in [0.25, 0.3) is 0 Å². The fourth-order valence-electron chi connectivity index (χ4n) is 2.72. The van der Waals surface area contributed by atoms with Gasteiger partial charge in [-0.3, -0.25) is 9.59 Å². The van der Waals surface area contributed by atoms with Crippen LogP contribution in [0.4, 0.5) is 0 Å². The highest BCUT2D eigenvalue weighted by molar-refractivity contribution is 5.87. The monoisotopic (exact) mass is 268 g/mol. The summed E-state index contributed by atoms with van der Waals surface area (Å²) < 4.78 is 0. The number of unbranched alkanes of at least 4 members (excludes halogenated alkanes) is 3. The van der Waals surface area contributed by atoms with Crippen LogP contribution >= 0.6 is 0 Å². The quantitative estimate of drug-likeness (QED) is 0.664. The zero-order valence-corrected chi connectivity index (χ0v) is 12.1. The molecule has 4 heteroatoms. The summed E-state index contributed by atoms with van der Waals surface area (Å²) in [6, 6.07) is -0.480. The molecule has 1 fully saturated rings. The van der Waals surface area contributed by atoms with Crippen molar-refractivity contribution in [2.75, 3.05) is 0 Å². The molecule has 1 rings (SSSR count).